The molecule has 1 aliphatic heterocycles. The highest BCUT2D eigenvalue weighted by Crippen LogP contribution is 2.34. The number of hydrogen-bond donors (Lipinski definition) is 2. The molecule has 19 heteroatoms. The number of amides is 1. The minimum atomic E-state index is -4.73. The SMILES string of the molecule is CCc1nc2ccc(Cl)cn2c1C(=O)NCc1ccc(N2CCC(c3ccc(OC(F)(F)F)cc3)CC2)cc1.FC(F)(F)Oc1ccc(Oc2ccc(Nc3ncnc4cc(Br)ccc34)cc2)cc1. The Morgan fingerprint density at radius 2 is 1.38 bits per heavy atom. The minimum absolute atomic E-state index is 0.200. The van der Waals surface area contributed by atoms with E-state index in [9.17, 15) is 31.1 Å². The first-order valence-electron chi connectivity index (χ1n) is 21.5. The molecule has 8 aromatic rings. The van der Waals surface area contributed by atoms with E-state index in [2.05, 4.69) is 68.0 Å². The van der Waals surface area contributed by atoms with Gasteiger partial charge in [0.15, 0.2) is 0 Å². The first kappa shape index (κ1) is 48.4. The van der Waals surface area contributed by atoms with Crippen LogP contribution in [-0.2, 0) is 13.0 Å². The summed E-state index contributed by atoms with van der Waals surface area (Å²) in [5.41, 5.74) is 6.60. The number of nitrogens with one attached hydrogen (secondary N) is 2. The van der Waals surface area contributed by atoms with Crippen LogP contribution >= 0.6 is 27.5 Å². The molecular formula is C50H41BrClF6N7O4. The monoisotopic (exact) mass is 1030 g/mol. The molecule has 9 rings (SSSR count). The van der Waals surface area contributed by atoms with Crippen LogP contribution in [0.5, 0.6) is 23.0 Å². The second-order valence-electron chi connectivity index (χ2n) is 15.7. The maximum absolute atomic E-state index is 13.0. The Labute approximate surface area is 405 Å². The third-order valence-corrected chi connectivity index (χ3v) is 11.8. The molecule has 0 atom stereocenters. The summed E-state index contributed by atoms with van der Waals surface area (Å²) in [7, 11) is 0. The number of aromatic nitrogens is 4. The van der Waals surface area contributed by atoms with Gasteiger partial charge in [0.05, 0.1) is 16.2 Å². The summed E-state index contributed by atoms with van der Waals surface area (Å²) < 4.78 is 90.0. The van der Waals surface area contributed by atoms with Crippen molar-refractivity contribution in [2.24, 2.45) is 0 Å². The molecule has 5 aromatic carbocycles. The number of hydrogen-bond acceptors (Lipinski definition) is 9. The van der Waals surface area contributed by atoms with Crippen molar-refractivity contribution in [2.75, 3.05) is 23.3 Å². The number of pyridine rings is 1. The minimum Gasteiger partial charge on any atom is -0.457 e. The number of imidazole rings is 1. The Balaban J connectivity index is 0.000000192. The lowest BCUT2D eigenvalue weighted by atomic mass is 9.89. The largest absolute Gasteiger partial charge is 0.573 e. The lowest BCUT2D eigenvalue weighted by Crippen LogP contribution is -2.32. The Morgan fingerprint density at radius 3 is 2.00 bits per heavy atom. The lowest BCUT2D eigenvalue weighted by molar-refractivity contribution is -0.275. The predicted octanol–water partition coefficient (Wildman–Crippen LogP) is 13.6. The maximum atomic E-state index is 13.0. The van der Waals surface area contributed by atoms with Gasteiger partial charge in [0, 0.05) is 47.1 Å². The van der Waals surface area contributed by atoms with Gasteiger partial charge in [-0.1, -0.05) is 58.7 Å². The van der Waals surface area contributed by atoms with Crippen molar-refractivity contribution in [3.63, 3.8) is 0 Å². The fourth-order valence-corrected chi connectivity index (χ4v) is 8.29. The number of nitrogens with zero attached hydrogens (tertiary/aromatic N) is 5. The van der Waals surface area contributed by atoms with Gasteiger partial charge in [-0.15, -0.1) is 26.3 Å². The fourth-order valence-electron chi connectivity index (χ4n) is 7.78. The average molecular weight is 1030 g/mol. The summed E-state index contributed by atoms with van der Waals surface area (Å²) in [6.45, 7) is 4.04. The van der Waals surface area contributed by atoms with Gasteiger partial charge in [-0.3, -0.25) is 9.20 Å². The highest BCUT2D eigenvalue weighted by atomic mass is 79.9. The molecule has 11 nitrogen and oxygen atoms in total. The number of carbonyl (C=O) groups excluding carboxylic acids is 1. The predicted molar refractivity (Wildman–Crippen MR) is 255 cm³/mol. The molecule has 0 saturated carbocycles. The number of benzene rings is 5. The number of carbonyl (C=O) groups is 1. The zero-order chi connectivity index (χ0) is 48.7. The lowest BCUT2D eigenvalue weighted by Gasteiger charge is -2.34. The summed E-state index contributed by atoms with van der Waals surface area (Å²) in [5, 5.41) is 7.65. The Kier molecular flexibility index (Phi) is 14.8. The van der Waals surface area contributed by atoms with E-state index in [1.54, 1.807) is 47.0 Å². The van der Waals surface area contributed by atoms with Crippen molar-refractivity contribution in [2.45, 2.75) is 51.4 Å². The van der Waals surface area contributed by atoms with E-state index in [0.29, 0.717) is 46.6 Å². The molecule has 0 aliphatic carbocycles. The van der Waals surface area contributed by atoms with Gasteiger partial charge in [-0.05, 0) is 139 Å². The van der Waals surface area contributed by atoms with Gasteiger partial charge in [-0.25, -0.2) is 15.0 Å². The molecule has 4 heterocycles. The van der Waals surface area contributed by atoms with Crippen molar-refractivity contribution >= 4 is 67.2 Å². The van der Waals surface area contributed by atoms with Crippen LogP contribution in [0.3, 0.4) is 0 Å². The molecule has 69 heavy (non-hydrogen) atoms. The Morgan fingerprint density at radius 1 is 0.768 bits per heavy atom. The highest BCUT2D eigenvalue weighted by Gasteiger charge is 2.32. The first-order chi connectivity index (χ1) is 33.1. The van der Waals surface area contributed by atoms with Crippen LogP contribution in [-0.4, -0.2) is 51.1 Å². The highest BCUT2D eigenvalue weighted by molar-refractivity contribution is 9.10. The van der Waals surface area contributed by atoms with Crippen LogP contribution in [0.25, 0.3) is 16.6 Å². The summed E-state index contributed by atoms with van der Waals surface area (Å²) in [4.78, 5) is 28.4. The Bertz CT molecular complexity index is 3020. The van der Waals surface area contributed by atoms with Gasteiger partial charge < -0.3 is 29.7 Å². The van der Waals surface area contributed by atoms with Gasteiger partial charge in [-0.2, -0.15) is 0 Å². The van der Waals surface area contributed by atoms with E-state index >= 15 is 0 Å². The molecule has 0 bridgehead atoms. The molecule has 0 unspecified atom stereocenters. The number of piperidine rings is 1. The maximum Gasteiger partial charge on any atom is 0.573 e. The number of fused-ring (bicyclic) bond motifs is 2. The summed E-state index contributed by atoms with van der Waals surface area (Å²) in [5.74, 6) is 1.16. The van der Waals surface area contributed by atoms with Crippen LogP contribution in [0, 0.1) is 0 Å². The molecule has 2 N–H and O–H groups in total. The molecule has 1 fully saturated rings. The van der Waals surface area contributed by atoms with Gasteiger partial charge in [0.25, 0.3) is 5.91 Å². The standard InChI is InChI=1S/C29H28ClF3N4O2.C21H13BrF3N3O2/c1-2-25-27(37-18-22(30)7-12-26(37)35-25)28(38)34-17-19-3-8-23(9-4-19)36-15-13-21(14-16-36)20-5-10-24(11-6-20)39-29(31,32)33;22-13-1-10-18-19(11-13)26-12-27-20(18)28-14-2-4-15(5-3-14)29-16-6-8-17(9-7-16)30-21(23,24)25/h3-12,18,21H,2,13-17H2,1H3,(H,34,38);1-12H,(H,26,27,28). The fraction of sp³-hybridized carbons (Fsp3) is 0.200. The molecule has 0 radical (unpaired) electrons. The van der Waals surface area contributed by atoms with Gasteiger partial charge >= 0.3 is 12.7 Å². The molecular weight excluding hydrogens is 992 g/mol. The van der Waals surface area contributed by atoms with Crippen LogP contribution in [0.1, 0.15) is 53.0 Å². The molecule has 1 aliphatic rings. The Hall–Kier alpha value is -7.05. The van der Waals surface area contributed by atoms with Crippen molar-refractivity contribution in [3.8, 4) is 23.0 Å². The number of ether oxygens (including phenoxy) is 3. The van der Waals surface area contributed by atoms with Crippen LogP contribution in [0.4, 0.5) is 43.5 Å². The van der Waals surface area contributed by atoms with E-state index in [-0.39, 0.29) is 23.3 Å². The van der Waals surface area contributed by atoms with Crippen molar-refractivity contribution < 1.29 is 45.3 Å². The molecule has 3 aromatic heterocycles. The van der Waals surface area contributed by atoms with Crippen LogP contribution in [0.2, 0.25) is 5.02 Å². The van der Waals surface area contributed by atoms with E-state index in [0.717, 1.165) is 69.5 Å². The smallest absolute Gasteiger partial charge is 0.457 e. The van der Waals surface area contributed by atoms with E-state index < -0.39 is 12.7 Å². The average Bonchev–Trinajstić information content (AvgIpc) is 3.70. The second kappa shape index (κ2) is 21.1. The third-order valence-electron chi connectivity index (χ3n) is 11.0. The molecule has 356 valence electrons. The van der Waals surface area contributed by atoms with Gasteiger partial charge in [0.2, 0.25) is 0 Å². The topological polar surface area (TPSA) is 115 Å². The molecule has 1 saturated heterocycles. The van der Waals surface area contributed by atoms with E-state index in [1.807, 2.05) is 49.4 Å². The normalized spacial score (nSPS) is 13.1. The van der Waals surface area contributed by atoms with Crippen molar-refractivity contribution in [1.29, 1.82) is 0 Å². The van der Waals surface area contributed by atoms with Crippen LogP contribution in [0.15, 0.2) is 144 Å². The first-order valence-corrected chi connectivity index (χ1v) is 22.7. The van der Waals surface area contributed by atoms with Gasteiger partial charge in [0.1, 0.15) is 46.5 Å². The number of halogens is 8. The summed E-state index contributed by atoms with van der Waals surface area (Å²) in [6.07, 6.45) is -3.78. The zero-order valence-corrected chi connectivity index (χ0v) is 38.8. The third kappa shape index (κ3) is 12.9. The number of aryl methyl sites for hydroxylation is 1. The second-order valence-corrected chi connectivity index (χ2v) is 17.1. The van der Waals surface area contributed by atoms with E-state index in [1.165, 1.54) is 42.7 Å². The summed E-state index contributed by atoms with van der Waals surface area (Å²) >= 11 is 9.56. The number of rotatable bonds is 12. The van der Waals surface area contributed by atoms with Crippen LogP contribution < -0.4 is 29.7 Å². The summed E-state index contributed by atoms with van der Waals surface area (Å²) in [6, 6.07) is 35.9. The van der Waals surface area contributed by atoms with Crippen molar-refractivity contribution in [1.82, 2.24) is 24.7 Å². The molecule has 1 amide bonds. The zero-order valence-electron chi connectivity index (χ0n) is 36.5. The number of alkyl halides is 6. The van der Waals surface area contributed by atoms with Crippen molar-refractivity contribution in [3.05, 3.63) is 172 Å². The number of anilines is 3. The van der Waals surface area contributed by atoms with E-state index in [4.69, 9.17) is 16.3 Å². The quantitative estimate of drug-likeness (QED) is 0.115. The molecule has 0 spiro atoms.